The highest BCUT2D eigenvalue weighted by Crippen LogP contribution is 2.40. The van der Waals surface area contributed by atoms with Crippen LogP contribution in [0, 0.1) is 18.6 Å². The van der Waals surface area contributed by atoms with Crippen molar-refractivity contribution in [3.8, 4) is 16.9 Å². The van der Waals surface area contributed by atoms with Gasteiger partial charge in [-0.3, -0.25) is 5.10 Å². The molecular weight excluding hydrogens is 550 g/mol. The molecule has 224 valence electrons. The second kappa shape index (κ2) is 12.2. The van der Waals surface area contributed by atoms with Crippen LogP contribution in [0.15, 0.2) is 48.5 Å². The molecule has 0 saturated carbocycles. The third kappa shape index (κ3) is 5.49. The van der Waals surface area contributed by atoms with E-state index in [0.717, 1.165) is 58.1 Å². The predicted octanol–water partition coefficient (Wildman–Crippen LogP) is 7.19. The molecule has 5 aromatic rings. The molecule has 0 aliphatic carbocycles. The van der Waals surface area contributed by atoms with E-state index in [1.54, 1.807) is 19.1 Å². The Bertz CT molecular complexity index is 1810. The van der Waals surface area contributed by atoms with Crippen LogP contribution in [-0.2, 0) is 24.2 Å². The number of esters is 1. The number of hydrogen-bond acceptors (Lipinski definition) is 5. The third-order valence-electron chi connectivity index (χ3n) is 8.24. The molecule has 0 bridgehead atoms. The van der Waals surface area contributed by atoms with Crippen LogP contribution in [0.3, 0.4) is 0 Å². The number of nitrogens with one attached hydrogen (secondary N) is 1. The lowest BCUT2D eigenvalue weighted by Gasteiger charge is -2.16. The highest BCUT2D eigenvalue weighted by atomic mass is 19.1. The molecule has 0 radical (unpaired) electrons. The molecule has 3 heterocycles. The summed E-state index contributed by atoms with van der Waals surface area (Å²) in [6, 6.07) is 13.5. The van der Waals surface area contributed by atoms with Crippen LogP contribution in [0.4, 0.5) is 8.78 Å². The summed E-state index contributed by atoms with van der Waals surface area (Å²) in [7, 11) is 2.05. The van der Waals surface area contributed by atoms with E-state index in [0.29, 0.717) is 55.1 Å². The fourth-order valence-electron chi connectivity index (χ4n) is 6.33. The normalized spacial score (nSPS) is 14.1. The van der Waals surface area contributed by atoms with E-state index in [1.807, 2.05) is 36.7 Å². The van der Waals surface area contributed by atoms with Gasteiger partial charge in [-0.2, -0.15) is 5.10 Å². The maximum atomic E-state index is 15.9. The first kappa shape index (κ1) is 28.9. The van der Waals surface area contributed by atoms with Gasteiger partial charge >= 0.3 is 5.97 Å². The van der Waals surface area contributed by atoms with E-state index in [9.17, 15) is 9.18 Å². The van der Waals surface area contributed by atoms with Crippen LogP contribution in [-0.4, -0.2) is 52.4 Å². The van der Waals surface area contributed by atoms with Crippen molar-refractivity contribution < 1.29 is 23.0 Å². The lowest BCUT2D eigenvalue weighted by molar-refractivity contribution is 0.0512. The van der Waals surface area contributed by atoms with Crippen LogP contribution < -0.4 is 4.74 Å². The van der Waals surface area contributed by atoms with Crippen molar-refractivity contribution in [1.82, 2.24) is 19.7 Å². The van der Waals surface area contributed by atoms with Crippen LogP contribution in [0.2, 0.25) is 0 Å². The predicted molar refractivity (Wildman–Crippen MR) is 163 cm³/mol. The smallest absolute Gasteiger partial charge is 0.355 e. The molecular formula is C34H36F2N4O3. The Morgan fingerprint density at radius 3 is 2.70 bits per heavy atom. The van der Waals surface area contributed by atoms with Gasteiger partial charge in [-0.1, -0.05) is 12.1 Å². The maximum Gasteiger partial charge on any atom is 0.355 e. The van der Waals surface area contributed by atoms with Crippen molar-refractivity contribution in [2.45, 2.75) is 52.6 Å². The first-order valence-electron chi connectivity index (χ1n) is 14.9. The number of carbonyl (C=O) groups is 1. The molecule has 9 heteroatoms. The number of carbonyl (C=O) groups excluding carboxylic acids is 1. The molecule has 3 aromatic carbocycles. The van der Waals surface area contributed by atoms with E-state index < -0.39 is 5.97 Å². The molecule has 0 saturated heterocycles. The Morgan fingerprint density at radius 1 is 1.05 bits per heavy atom. The summed E-state index contributed by atoms with van der Waals surface area (Å²) < 4.78 is 43.4. The highest BCUT2D eigenvalue weighted by molar-refractivity contribution is 6.05. The van der Waals surface area contributed by atoms with Crippen LogP contribution >= 0.6 is 0 Å². The molecule has 7 nitrogen and oxygen atoms in total. The lowest BCUT2D eigenvalue weighted by atomic mass is 9.97. The molecule has 2 aromatic heterocycles. The minimum Gasteiger partial charge on any atom is -0.493 e. The SMILES string of the molecule is CCOC(=O)c1c(CCCOc2cccc3cc(F)ccc23)c2ccc(F)c3c2n1CCCCN(C)Cc1n[nH]c(C)c1-3. The number of ether oxygens (including phenoxy) is 2. The number of aryl methyl sites for hydroxylation is 3. The van der Waals surface area contributed by atoms with E-state index >= 15 is 4.39 Å². The summed E-state index contributed by atoms with van der Waals surface area (Å²) in [4.78, 5) is 15.8. The van der Waals surface area contributed by atoms with Crippen molar-refractivity contribution in [3.05, 3.63) is 82.8 Å². The Hall–Kier alpha value is -4.24. The second-order valence-electron chi connectivity index (χ2n) is 11.2. The van der Waals surface area contributed by atoms with Crippen molar-refractivity contribution in [2.75, 3.05) is 26.8 Å². The Kier molecular flexibility index (Phi) is 8.17. The standard InChI is InChI=1S/C34H36F2N4O3/c1-4-42-34(41)33-25(10-8-18-43-29-11-7-9-22-19-23(35)12-13-24(22)29)26-14-15-27(36)31-30-21(2)37-38-28(30)20-39(3)16-5-6-17-40(33)32(26)31/h7,9,11-15,19H,4-6,8,10,16-18,20H2,1-3H3,(H,37,38). The van der Waals surface area contributed by atoms with Crippen molar-refractivity contribution in [1.29, 1.82) is 0 Å². The van der Waals surface area contributed by atoms with Gasteiger partial charge < -0.3 is 18.9 Å². The zero-order chi connectivity index (χ0) is 30.1. The number of fused-ring (bicyclic) bond motifs is 3. The molecule has 1 aliphatic rings. The average Bonchev–Trinajstić information content (AvgIpc) is 3.49. The van der Waals surface area contributed by atoms with Gasteiger partial charge in [0, 0.05) is 40.7 Å². The van der Waals surface area contributed by atoms with Gasteiger partial charge in [0.1, 0.15) is 23.1 Å². The monoisotopic (exact) mass is 586 g/mol. The summed E-state index contributed by atoms with van der Waals surface area (Å²) in [6.07, 6.45) is 2.88. The fraction of sp³-hybridized carbons (Fsp3) is 0.353. The number of benzene rings is 3. The fourth-order valence-corrected chi connectivity index (χ4v) is 6.33. The molecule has 6 rings (SSSR count). The minimum absolute atomic E-state index is 0.238. The zero-order valence-electron chi connectivity index (χ0n) is 24.8. The minimum atomic E-state index is -0.409. The van der Waals surface area contributed by atoms with Crippen LogP contribution in [0.5, 0.6) is 5.75 Å². The summed E-state index contributed by atoms with van der Waals surface area (Å²) in [5.74, 6) is -0.374. The van der Waals surface area contributed by atoms with Gasteiger partial charge in [0.05, 0.1) is 24.4 Å². The molecule has 0 fully saturated rings. The largest absolute Gasteiger partial charge is 0.493 e. The topological polar surface area (TPSA) is 72.4 Å². The van der Waals surface area contributed by atoms with E-state index in [1.165, 1.54) is 18.2 Å². The first-order chi connectivity index (χ1) is 20.9. The Morgan fingerprint density at radius 2 is 1.86 bits per heavy atom. The number of aromatic amines is 1. The highest BCUT2D eigenvalue weighted by Gasteiger charge is 2.29. The summed E-state index contributed by atoms with van der Waals surface area (Å²) in [5, 5.41) is 10.1. The number of hydrogen-bond donors (Lipinski definition) is 1. The van der Waals surface area contributed by atoms with E-state index in [2.05, 4.69) is 15.1 Å². The summed E-state index contributed by atoms with van der Waals surface area (Å²) >= 11 is 0. The number of nitrogens with zero attached hydrogens (tertiary/aromatic N) is 3. The molecule has 43 heavy (non-hydrogen) atoms. The maximum absolute atomic E-state index is 15.9. The number of rotatable bonds is 7. The van der Waals surface area contributed by atoms with Gasteiger partial charge in [-0.25, -0.2) is 13.6 Å². The van der Waals surface area contributed by atoms with Crippen molar-refractivity contribution in [3.63, 3.8) is 0 Å². The summed E-state index contributed by atoms with van der Waals surface area (Å²) in [5.41, 5.74) is 4.77. The lowest BCUT2D eigenvalue weighted by Crippen LogP contribution is -2.20. The van der Waals surface area contributed by atoms with Gasteiger partial charge in [0.15, 0.2) is 0 Å². The second-order valence-corrected chi connectivity index (χ2v) is 11.2. The van der Waals surface area contributed by atoms with Crippen molar-refractivity contribution >= 4 is 27.6 Å². The van der Waals surface area contributed by atoms with Gasteiger partial charge in [-0.15, -0.1) is 0 Å². The average molecular weight is 587 g/mol. The molecule has 0 atom stereocenters. The number of halogens is 2. The van der Waals surface area contributed by atoms with Gasteiger partial charge in [0.2, 0.25) is 0 Å². The third-order valence-corrected chi connectivity index (χ3v) is 8.24. The molecule has 1 N–H and O–H groups in total. The van der Waals surface area contributed by atoms with Crippen LogP contribution in [0.1, 0.15) is 53.6 Å². The van der Waals surface area contributed by atoms with Crippen molar-refractivity contribution in [2.24, 2.45) is 0 Å². The zero-order valence-corrected chi connectivity index (χ0v) is 24.8. The Labute approximate surface area is 249 Å². The van der Waals surface area contributed by atoms with Gasteiger partial charge in [-0.05, 0) is 100 Å². The quantitative estimate of drug-likeness (QED) is 0.162. The molecule has 0 amide bonds. The van der Waals surface area contributed by atoms with E-state index in [4.69, 9.17) is 9.47 Å². The van der Waals surface area contributed by atoms with E-state index in [-0.39, 0.29) is 18.2 Å². The van der Waals surface area contributed by atoms with Gasteiger partial charge in [0.25, 0.3) is 0 Å². The molecule has 1 aliphatic heterocycles. The number of H-pyrrole nitrogens is 1. The molecule has 0 spiro atoms. The van der Waals surface area contributed by atoms with Crippen LogP contribution in [0.25, 0.3) is 32.8 Å². The summed E-state index contributed by atoms with van der Waals surface area (Å²) in [6.45, 7) is 6.32. The molecule has 0 unspecified atom stereocenters. The number of aromatic nitrogens is 3. The Balaban J connectivity index is 1.42. The first-order valence-corrected chi connectivity index (χ1v) is 14.9.